The smallest absolute Gasteiger partial charge is 0.233 e. The van der Waals surface area contributed by atoms with Crippen LogP contribution in [0.4, 0.5) is 0 Å². The average molecular weight is 219 g/mol. The van der Waals surface area contributed by atoms with E-state index in [1.54, 1.807) is 0 Å². The lowest BCUT2D eigenvalue weighted by Gasteiger charge is -2.16. The molecular formula is C10H21NO2S. The molecule has 0 rings (SSSR count). The third-order valence-corrected chi connectivity index (χ3v) is 3.07. The summed E-state index contributed by atoms with van der Waals surface area (Å²) < 4.78 is 0. The predicted molar refractivity (Wildman–Crippen MR) is 61.5 cm³/mol. The Hall–Kier alpha value is -0.220. The first kappa shape index (κ1) is 13.8. The van der Waals surface area contributed by atoms with Gasteiger partial charge in [0.25, 0.3) is 0 Å². The van der Waals surface area contributed by atoms with Gasteiger partial charge in [0.1, 0.15) is 0 Å². The summed E-state index contributed by atoms with van der Waals surface area (Å²) in [6.45, 7) is 6.12. The number of aliphatic hydroxyl groups excluding tert-OH is 1. The van der Waals surface area contributed by atoms with Crippen LogP contribution in [0.15, 0.2) is 0 Å². The number of hydrogen-bond donors (Lipinski definition) is 2. The van der Waals surface area contributed by atoms with E-state index in [0.717, 1.165) is 12.8 Å². The van der Waals surface area contributed by atoms with Gasteiger partial charge in [-0.25, -0.2) is 0 Å². The number of carbonyl (C=O) groups excluding carboxylic acids is 1. The molecule has 0 fully saturated rings. The summed E-state index contributed by atoms with van der Waals surface area (Å²) in [7, 11) is 0. The summed E-state index contributed by atoms with van der Waals surface area (Å²) in [5.74, 6) is 0.695. The Balaban J connectivity index is 3.71. The third-order valence-electron chi connectivity index (χ3n) is 1.94. The van der Waals surface area contributed by atoms with E-state index in [-0.39, 0.29) is 23.8 Å². The first-order valence-corrected chi connectivity index (χ1v) is 6.19. The highest BCUT2D eigenvalue weighted by atomic mass is 32.2. The van der Waals surface area contributed by atoms with Crippen LogP contribution in [-0.2, 0) is 4.79 Å². The molecule has 14 heavy (non-hydrogen) atoms. The maximum atomic E-state index is 11.5. The second-order valence-corrected chi connectivity index (χ2v) is 4.88. The van der Waals surface area contributed by atoms with Crippen molar-refractivity contribution in [3.63, 3.8) is 0 Å². The first-order chi connectivity index (χ1) is 6.61. The number of nitrogens with one attached hydrogen (secondary N) is 1. The van der Waals surface area contributed by atoms with Gasteiger partial charge in [-0.1, -0.05) is 13.3 Å². The maximum absolute atomic E-state index is 11.5. The van der Waals surface area contributed by atoms with Crippen LogP contribution < -0.4 is 5.32 Å². The van der Waals surface area contributed by atoms with Gasteiger partial charge in [-0.15, -0.1) is 11.8 Å². The Morgan fingerprint density at radius 1 is 1.50 bits per heavy atom. The van der Waals surface area contributed by atoms with Crippen LogP contribution in [0.3, 0.4) is 0 Å². The quantitative estimate of drug-likeness (QED) is 0.680. The van der Waals surface area contributed by atoms with Gasteiger partial charge < -0.3 is 10.4 Å². The largest absolute Gasteiger partial charge is 0.396 e. The van der Waals surface area contributed by atoms with Crippen LogP contribution in [-0.4, -0.2) is 34.7 Å². The number of carbonyl (C=O) groups is 1. The summed E-state index contributed by atoms with van der Waals surface area (Å²) in [4.78, 5) is 11.5. The van der Waals surface area contributed by atoms with E-state index >= 15 is 0 Å². The fourth-order valence-electron chi connectivity index (χ4n) is 1.17. The van der Waals surface area contributed by atoms with Crippen molar-refractivity contribution in [3.8, 4) is 0 Å². The van der Waals surface area contributed by atoms with E-state index in [1.165, 1.54) is 11.8 Å². The summed E-state index contributed by atoms with van der Waals surface area (Å²) in [5, 5.41) is 11.5. The fraction of sp³-hybridized carbons (Fsp3) is 0.900. The molecule has 0 aliphatic rings. The molecule has 0 saturated carbocycles. The van der Waals surface area contributed by atoms with E-state index in [4.69, 9.17) is 5.11 Å². The SMILES string of the molecule is CCCC(C)NC(=O)C(C)SCCO. The molecule has 0 aromatic rings. The number of amides is 1. The van der Waals surface area contributed by atoms with Crippen LogP contribution in [0.5, 0.6) is 0 Å². The molecule has 0 spiro atoms. The second-order valence-electron chi connectivity index (χ2n) is 3.43. The standard InChI is InChI=1S/C10H21NO2S/c1-4-5-8(2)11-10(13)9(3)14-7-6-12/h8-9,12H,4-7H2,1-3H3,(H,11,13). The lowest BCUT2D eigenvalue weighted by Crippen LogP contribution is -2.37. The molecule has 0 radical (unpaired) electrons. The minimum absolute atomic E-state index is 0.0681. The normalized spacial score (nSPS) is 14.9. The van der Waals surface area contributed by atoms with Gasteiger partial charge in [-0.3, -0.25) is 4.79 Å². The van der Waals surface area contributed by atoms with Gasteiger partial charge in [-0.05, 0) is 20.3 Å². The Morgan fingerprint density at radius 2 is 2.14 bits per heavy atom. The molecule has 1 amide bonds. The van der Waals surface area contributed by atoms with Crippen LogP contribution in [0.1, 0.15) is 33.6 Å². The van der Waals surface area contributed by atoms with Crippen molar-refractivity contribution in [2.24, 2.45) is 0 Å². The van der Waals surface area contributed by atoms with E-state index in [0.29, 0.717) is 5.75 Å². The predicted octanol–water partition coefficient (Wildman–Crippen LogP) is 1.41. The van der Waals surface area contributed by atoms with Crippen molar-refractivity contribution in [2.45, 2.75) is 44.9 Å². The van der Waals surface area contributed by atoms with Crippen LogP contribution in [0.2, 0.25) is 0 Å². The zero-order chi connectivity index (χ0) is 11.0. The molecule has 0 bridgehead atoms. The molecule has 2 N–H and O–H groups in total. The summed E-state index contributed by atoms with van der Waals surface area (Å²) in [5.41, 5.74) is 0. The van der Waals surface area contributed by atoms with Gasteiger partial charge in [-0.2, -0.15) is 0 Å². The summed E-state index contributed by atoms with van der Waals surface area (Å²) in [6, 6.07) is 0.254. The zero-order valence-electron chi connectivity index (χ0n) is 9.25. The van der Waals surface area contributed by atoms with Crippen molar-refractivity contribution >= 4 is 17.7 Å². The van der Waals surface area contributed by atoms with E-state index < -0.39 is 0 Å². The van der Waals surface area contributed by atoms with E-state index in [9.17, 15) is 4.79 Å². The number of aliphatic hydroxyl groups is 1. The molecule has 84 valence electrons. The molecular weight excluding hydrogens is 198 g/mol. The first-order valence-electron chi connectivity index (χ1n) is 5.14. The summed E-state index contributed by atoms with van der Waals surface area (Å²) in [6.07, 6.45) is 2.10. The topological polar surface area (TPSA) is 49.3 Å². The highest BCUT2D eigenvalue weighted by Gasteiger charge is 2.14. The van der Waals surface area contributed by atoms with Gasteiger partial charge in [0.2, 0.25) is 5.91 Å². The van der Waals surface area contributed by atoms with Crippen LogP contribution >= 0.6 is 11.8 Å². The van der Waals surface area contributed by atoms with Gasteiger partial charge in [0.05, 0.1) is 11.9 Å². The molecule has 0 heterocycles. The molecule has 0 aliphatic heterocycles. The number of thioether (sulfide) groups is 1. The highest BCUT2D eigenvalue weighted by Crippen LogP contribution is 2.10. The maximum Gasteiger partial charge on any atom is 0.233 e. The Bertz CT molecular complexity index is 164. The van der Waals surface area contributed by atoms with Crippen LogP contribution in [0.25, 0.3) is 0 Å². The minimum atomic E-state index is -0.0681. The molecule has 0 saturated heterocycles. The molecule has 0 aliphatic carbocycles. The fourth-order valence-corrected chi connectivity index (χ4v) is 1.85. The molecule has 0 aromatic carbocycles. The molecule has 2 atom stereocenters. The average Bonchev–Trinajstić information content (AvgIpc) is 2.14. The highest BCUT2D eigenvalue weighted by molar-refractivity contribution is 8.00. The van der Waals surface area contributed by atoms with Crippen molar-refractivity contribution in [1.29, 1.82) is 0 Å². The number of rotatable bonds is 7. The number of hydrogen-bond acceptors (Lipinski definition) is 3. The molecule has 3 nitrogen and oxygen atoms in total. The van der Waals surface area contributed by atoms with Crippen molar-refractivity contribution in [3.05, 3.63) is 0 Å². The van der Waals surface area contributed by atoms with Crippen molar-refractivity contribution in [1.82, 2.24) is 5.32 Å². The monoisotopic (exact) mass is 219 g/mol. The lowest BCUT2D eigenvalue weighted by atomic mass is 10.2. The lowest BCUT2D eigenvalue weighted by molar-refractivity contribution is -0.120. The molecule has 4 heteroatoms. The van der Waals surface area contributed by atoms with Crippen molar-refractivity contribution in [2.75, 3.05) is 12.4 Å². The molecule has 0 aromatic heterocycles. The van der Waals surface area contributed by atoms with Crippen LogP contribution in [0, 0.1) is 0 Å². The summed E-state index contributed by atoms with van der Waals surface area (Å²) >= 11 is 1.48. The van der Waals surface area contributed by atoms with Crippen molar-refractivity contribution < 1.29 is 9.90 Å². The Labute approximate surface area is 90.7 Å². The third kappa shape index (κ3) is 6.27. The minimum Gasteiger partial charge on any atom is -0.396 e. The van der Waals surface area contributed by atoms with Gasteiger partial charge in [0, 0.05) is 11.8 Å². The molecule has 2 unspecified atom stereocenters. The van der Waals surface area contributed by atoms with Gasteiger partial charge >= 0.3 is 0 Å². The Morgan fingerprint density at radius 3 is 2.64 bits per heavy atom. The second kappa shape index (κ2) is 8.12. The Kier molecular flexibility index (Phi) is 7.99. The zero-order valence-corrected chi connectivity index (χ0v) is 10.1. The van der Waals surface area contributed by atoms with E-state index in [2.05, 4.69) is 12.2 Å². The van der Waals surface area contributed by atoms with E-state index in [1.807, 2.05) is 13.8 Å². The van der Waals surface area contributed by atoms with Gasteiger partial charge in [0.15, 0.2) is 0 Å².